The van der Waals surface area contributed by atoms with Gasteiger partial charge in [0.15, 0.2) is 0 Å². The number of alkyl halides is 3. The predicted molar refractivity (Wildman–Crippen MR) is 129 cm³/mol. The monoisotopic (exact) mass is 513 g/mol. The van der Waals surface area contributed by atoms with Gasteiger partial charge in [0.2, 0.25) is 5.91 Å². The molecule has 5 rings (SSSR count). The summed E-state index contributed by atoms with van der Waals surface area (Å²) < 4.78 is 41.3. The number of halogens is 3. The number of fused-ring (bicyclic) bond motifs is 3. The van der Waals surface area contributed by atoms with Gasteiger partial charge < -0.3 is 14.6 Å². The molecule has 1 aromatic carbocycles. The van der Waals surface area contributed by atoms with Crippen LogP contribution in [-0.4, -0.2) is 38.0 Å². The Labute approximate surface area is 208 Å². The van der Waals surface area contributed by atoms with Crippen molar-refractivity contribution >= 4 is 34.2 Å². The number of nitrogens with zero attached hydrogens (tertiary/aromatic N) is 3. The Morgan fingerprint density at radius 1 is 1.17 bits per heavy atom. The van der Waals surface area contributed by atoms with Gasteiger partial charge in [-0.1, -0.05) is 12.1 Å². The summed E-state index contributed by atoms with van der Waals surface area (Å²) in [5, 5.41) is 10.2. The normalized spacial score (nSPS) is 13.7. The molecule has 0 saturated carbocycles. The highest BCUT2D eigenvalue weighted by molar-refractivity contribution is 7.12. The Morgan fingerprint density at radius 3 is 2.67 bits per heavy atom. The van der Waals surface area contributed by atoms with E-state index in [0.717, 1.165) is 28.3 Å². The summed E-state index contributed by atoms with van der Waals surface area (Å²) in [6.45, 7) is 2.78. The second-order valence-corrected chi connectivity index (χ2v) is 10.0. The number of amides is 1. The second kappa shape index (κ2) is 9.09. The van der Waals surface area contributed by atoms with E-state index in [1.807, 2.05) is 16.7 Å². The van der Waals surface area contributed by atoms with Crippen LogP contribution in [0.1, 0.15) is 42.5 Å². The molecule has 0 saturated heterocycles. The standard InChI is InChI=1S/C26H22F3N3O3S/c1-15-11-16(4-6-18(15)25(34)35)12-23(33)31-10-8-19-20-3-2-9-30-24(20)32(21(19)14-31)13-17-5-7-22(36-17)26(27,28)29/h2-7,9,11H,8,10,12-14H2,1H3,(H,34,35). The highest BCUT2D eigenvalue weighted by Crippen LogP contribution is 2.36. The fourth-order valence-electron chi connectivity index (χ4n) is 4.78. The number of aromatic nitrogens is 2. The number of carbonyl (C=O) groups is 2. The minimum Gasteiger partial charge on any atom is -0.478 e. The zero-order valence-electron chi connectivity index (χ0n) is 19.3. The Hall–Kier alpha value is -3.66. The van der Waals surface area contributed by atoms with Crippen LogP contribution >= 0.6 is 11.3 Å². The van der Waals surface area contributed by atoms with Crippen LogP contribution in [0.3, 0.4) is 0 Å². The smallest absolute Gasteiger partial charge is 0.425 e. The van der Waals surface area contributed by atoms with Crippen molar-refractivity contribution in [3.63, 3.8) is 0 Å². The van der Waals surface area contributed by atoms with Gasteiger partial charge in [0.25, 0.3) is 0 Å². The molecular weight excluding hydrogens is 491 g/mol. The molecule has 1 aliphatic heterocycles. The molecule has 36 heavy (non-hydrogen) atoms. The van der Waals surface area contributed by atoms with Gasteiger partial charge in [-0.25, -0.2) is 9.78 Å². The van der Waals surface area contributed by atoms with Gasteiger partial charge in [-0.15, -0.1) is 11.3 Å². The van der Waals surface area contributed by atoms with E-state index < -0.39 is 17.0 Å². The predicted octanol–water partition coefficient (Wildman–Crippen LogP) is 5.30. The van der Waals surface area contributed by atoms with Gasteiger partial charge in [0.1, 0.15) is 10.5 Å². The summed E-state index contributed by atoms with van der Waals surface area (Å²) in [5.41, 5.74) is 4.16. The van der Waals surface area contributed by atoms with E-state index in [-0.39, 0.29) is 24.4 Å². The lowest BCUT2D eigenvalue weighted by Crippen LogP contribution is -2.37. The van der Waals surface area contributed by atoms with Gasteiger partial charge in [-0.3, -0.25) is 4.79 Å². The summed E-state index contributed by atoms with van der Waals surface area (Å²) >= 11 is 0.715. The number of hydrogen-bond acceptors (Lipinski definition) is 4. The third-order valence-corrected chi connectivity index (χ3v) is 7.61. The Balaban J connectivity index is 1.42. The highest BCUT2D eigenvalue weighted by atomic mass is 32.1. The first-order valence-corrected chi connectivity index (χ1v) is 12.1. The summed E-state index contributed by atoms with van der Waals surface area (Å²) in [6.07, 6.45) is -1.98. The van der Waals surface area contributed by atoms with E-state index in [2.05, 4.69) is 4.98 Å². The molecule has 3 aromatic heterocycles. The summed E-state index contributed by atoms with van der Waals surface area (Å²) in [4.78, 5) is 30.6. The molecule has 1 N–H and O–H groups in total. The lowest BCUT2D eigenvalue weighted by Gasteiger charge is -2.28. The summed E-state index contributed by atoms with van der Waals surface area (Å²) in [6, 6.07) is 11.3. The van der Waals surface area contributed by atoms with E-state index in [1.165, 1.54) is 12.1 Å². The van der Waals surface area contributed by atoms with Crippen molar-refractivity contribution in [1.82, 2.24) is 14.5 Å². The molecule has 4 aromatic rings. The van der Waals surface area contributed by atoms with Crippen molar-refractivity contribution in [3.05, 3.63) is 86.4 Å². The first-order chi connectivity index (χ1) is 17.1. The number of benzene rings is 1. The number of aromatic carboxylic acids is 1. The molecule has 0 unspecified atom stereocenters. The second-order valence-electron chi connectivity index (χ2n) is 8.85. The Bertz CT molecular complexity index is 1490. The Morgan fingerprint density at radius 2 is 1.97 bits per heavy atom. The average Bonchev–Trinajstić information content (AvgIpc) is 3.42. The van der Waals surface area contributed by atoms with Crippen LogP contribution in [0.4, 0.5) is 13.2 Å². The van der Waals surface area contributed by atoms with Crippen LogP contribution < -0.4 is 0 Å². The number of carboxylic acids is 1. The van der Waals surface area contributed by atoms with Gasteiger partial charge in [0, 0.05) is 28.7 Å². The van der Waals surface area contributed by atoms with Crippen LogP contribution in [0.25, 0.3) is 11.0 Å². The van der Waals surface area contributed by atoms with Gasteiger partial charge in [0.05, 0.1) is 25.1 Å². The Kier molecular flexibility index (Phi) is 6.07. The number of carbonyl (C=O) groups excluding carboxylic acids is 1. The molecule has 1 amide bonds. The molecule has 10 heteroatoms. The number of thiophene rings is 1. The van der Waals surface area contributed by atoms with Crippen LogP contribution in [-0.2, 0) is 36.9 Å². The lowest BCUT2D eigenvalue weighted by molar-refractivity contribution is -0.134. The average molecular weight is 514 g/mol. The van der Waals surface area contributed by atoms with Gasteiger partial charge >= 0.3 is 12.1 Å². The molecule has 186 valence electrons. The zero-order chi connectivity index (χ0) is 25.6. The molecule has 0 radical (unpaired) electrons. The van der Waals surface area contributed by atoms with Crippen molar-refractivity contribution < 1.29 is 27.9 Å². The minimum atomic E-state index is -4.39. The highest BCUT2D eigenvalue weighted by Gasteiger charge is 2.33. The largest absolute Gasteiger partial charge is 0.478 e. The molecule has 0 spiro atoms. The molecule has 1 aliphatic rings. The molecule has 6 nitrogen and oxygen atoms in total. The van der Waals surface area contributed by atoms with E-state index in [9.17, 15) is 27.9 Å². The molecule has 0 bridgehead atoms. The van der Waals surface area contributed by atoms with Crippen molar-refractivity contribution in [2.24, 2.45) is 0 Å². The van der Waals surface area contributed by atoms with Crippen LogP contribution in [0.2, 0.25) is 0 Å². The fraction of sp³-hybridized carbons (Fsp3) is 0.269. The van der Waals surface area contributed by atoms with Crippen molar-refractivity contribution in [2.75, 3.05) is 6.54 Å². The summed E-state index contributed by atoms with van der Waals surface area (Å²) in [5.74, 6) is -1.10. The first kappa shape index (κ1) is 24.1. The number of aryl methyl sites for hydroxylation is 1. The molecule has 0 aliphatic carbocycles. The van der Waals surface area contributed by atoms with E-state index in [0.29, 0.717) is 46.9 Å². The van der Waals surface area contributed by atoms with Crippen molar-refractivity contribution in [3.8, 4) is 0 Å². The van der Waals surface area contributed by atoms with Gasteiger partial charge in [-0.2, -0.15) is 13.2 Å². The van der Waals surface area contributed by atoms with Crippen LogP contribution in [0.15, 0.2) is 48.7 Å². The lowest BCUT2D eigenvalue weighted by atomic mass is 10.0. The van der Waals surface area contributed by atoms with E-state index in [4.69, 9.17) is 0 Å². The van der Waals surface area contributed by atoms with Gasteiger partial charge in [-0.05, 0) is 60.4 Å². The third kappa shape index (κ3) is 4.48. The van der Waals surface area contributed by atoms with Crippen LogP contribution in [0.5, 0.6) is 0 Å². The molecule has 0 atom stereocenters. The topological polar surface area (TPSA) is 75.4 Å². The van der Waals surface area contributed by atoms with E-state index >= 15 is 0 Å². The maximum Gasteiger partial charge on any atom is 0.425 e. The number of hydrogen-bond donors (Lipinski definition) is 1. The molecule has 0 fully saturated rings. The first-order valence-electron chi connectivity index (χ1n) is 11.3. The quantitative estimate of drug-likeness (QED) is 0.393. The molecule has 4 heterocycles. The fourth-order valence-corrected chi connectivity index (χ4v) is 5.64. The van der Waals surface area contributed by atoms with Crippen molar-refractivity contribution in [2.45, 2.75) is 39.0 Å². The molecular formula is C26H22F3N3O3S. The summed E-state index contributed by atoms with van der Waals surface area (Å²) in [7, 11) is 0. The van der Waals surface area contributed by atoms with E-state index in [1.54, 1.807) is 30.2 Å². The minimum absolute atomic E-state index is 0.0941. The number of pyridine rings is 1. The number of rotatable bonds is 5. The zero-order valence-corrected chi connectivity index (χ0v) is 20.1. The number of carboxylic acid groups (broad SMARTS) is 1. The van der Waals surface area contributed by atoms with Crippen molar-refractivity contribution in [1.29, 1.82) is 0 Å². The maximum atomic E-state index is 13.2. The maximum absolute atomic E-state index is 13.2. The third-order valence-electron chi connectivity index (χ3n) is 6.50. The SMILES string of the molecule is Cc1cc(CC(=O)N2CCc3c(n(Cc4ccc(C(F)(F)F)s4)c4ncccc34)C2)ccc1C(=O)O. The van der Waals surface area contributed by atoms with Crippen LogP contribution in [0, 0.1) is 6.92 Å².